The van der Waals surface area contributed by atoms with Crippen LogP contribution in [0.2, 0.25) is 0 Å². The van der Waals surface area contributed by atoms with E-state index in [-0.39, 0.29) is 6.04 Å². The van der Waals surface area contributed by atoms with Crippen molar-refractivity contribution in [3.8, 4) is 0 Å². The van der Waals surface area contributed by atoms with Gasteiger partial charge in [-0.2, -0.15) is 5.10 Å². The van der Waals surface area contributed by atoms with Crippen LogP contribution in [0.1, 0.15) is 57.6 Å². The van der Waals surface area contributed by atoms with Gasteiger partial charge in [0.1, 0.15) is 11.3 Å². The van der Waals surface area contributed by atoms with Crippen molar-refractivity contribution in [2.75, 3.05) is 13.1 Å². The molecular weight excluding hydrogens is 292 g/mol. The maximum Gasteiger partial charge on any atom is 0.124 e. The summed E-state index contributed by atoms with van der Waals surface area (Å²) in [6.07, 6.45) is 4.39. The Hall–Kier alpha value is -1.73. The lowest BCUT2D eigenvalue weighted by atomic mass is 10.00. The molecule has 126 valence electrons. The van der Waals surface area contributed by atoms with Crippen molar-refractivity contribution in [1.29, 1.82) is 0 Å². The summed E-state index contributed by atoms with van der Waals surface area (Å²) in [7, 11) is 0. The lowest BCUT2D eigenvalue weighted by Gasteiger charge is -2.22. The summed E-state index contributed by atoms with van der Waals surface area (Å²) in [5, 5.41) is 23.6. The molecule has 3 heterocycles. The van der Waals surface area contributed by atoms with Crippen molar-refractivity contribution in [2.45, 2.75) is 58.3 Å². The van der Waals surface area contributed by atoms with Crippen molar-refractivity contribution in [3.63, 3.8) is 0 Å². The van der Waals surface area contributed by atoms with Crippen LogP contribution in [0, 0.1) is 0 Å². The zero-order valence-corrected chi connectivity index (χ0v) is 14.3. The molecule has 3 rings (SSSR count). The number of rotatable bonds is 5. The molecule has 0 aliphatic carbocycles. The van der Waals surface area contributed by atoms with Crippen molar-refractivity contribution in [2.24, 2.45) is 0 Å². The molecule has 1 atom stereocenters. The molecule has 1 aliphatic rings. The van der Waals surface area contributed by atoms with E-state index in [1.807, 2.05) is 23.1 Å². The highest BCUT2D eigenvalue weighted by Crippen LogP contribution is 2.31. The number of nitrogens with zero attached hydrogens (tertiary/aromatic N) is 6. The third kappa shape index (κ3) is 3.16. The molecule has 0 bridgehead atoms. The van der Waals surface area contributed by atoms with Gasteiger partial charge in [-0.05, 0) is 40.2 Å². The molecule has 1 N–H and O–H groups in total. The molecule has 2 aromatic heterocycles. The smallest absolute Gasteiger partial charge is 0.124 e. The van der Waals surface area contributed by atoms with E-state index in [1.54, 1.807) is 4.68 Å². The Bertz CT molecular complexity index is 661. The summed E-state index contributed by atoms with van der Waals surface area (Å²) in [6.45, 7) is 10.6. The predicted molar refractivity (Wildman–Crippen MR) is 86.8 cm³/mol. The van der Waals surface area contributed by atoms with Gasteiger partial charge in [0, 0.05) is 37.9 Å². The quantitative estimate of drug-likeness (QED) is 0.909. The highest BCUT2D eigenvalue weighted by Gasteiger charge is 2.40. The van der Waals surface area contributed by atoms with Gasteiger partial charge in [0.05, 0.1) is 11.9 Å². The molecule has 0 aromatic carbocycles. The minimum Gasteiger partial charge on any atom is -0.382 e. The lowest BCUT2D eigenvalue weighted by Crippen LogP contribution is -2.31. The number of hydrogen-bond acceptors (Lipinski definition) is 5. The monoisotopic (exact) mass is 318 g/mol. The van der Waals surface area contributed by atoms with Crippen molar-refractivity contribution >= 4 is 0 Å². The summed E-state index contributed by atoms with van der Waals surface area (Å²) in [5.41, 5.74) is 0.941. The van der Waals surface area contributed by atoms with E-state index < -0.39 is 5.60 Å². The van der Waals surface area contributed by atoms with Gasteiger partial charge in [0.25, 0.3) is 0 Å². The summed E-state index contributed by atoms with van der Waals surface area (Å²) >= 11 is 0. The van der Waals surface area contributed by atoms with E-state index in [1.165, 1.54) is 5.69 Å². The first-order valence-electron chi connectivity index (χ1n) is 8.28. The number of aromatic nitrogens is 5. The van der Waals surface area contributed by atoms with Gasteiger partial charge in [0.2, 0.25) is 0 Å². The normalized spacial score (nSPS) is 22.6. The van der Waals surface area contributed by atoms with Gasteiger partial charge in [0.15, 0.2) is 0 Å². The molecule has 1 fully saturated rings. The lowest BCUT2D eigenvalue weighted by molar-refractivity contribution is 0.0405. The fraction of sp³-hybridized carbons (Fsp3) is 0.688. The topological polar surface area (TPSA) is 72.0 Å². The number of aliphatic hydroxyl groups is 1. The van der Waals surface area contributed by atoms with Crippen LogP contribution in [0.3, 0.4) is 0 Å². The minimum atomic E-state index is -0.907. The van der Waals surface area contributed by atoms with Gasteiger partial charge in [-0.3, -0.25) is 9.58 Å². The van der Waals surface area contributed by atoms with E-state index >= 15 is 0 Å². The third-order valence-electron chi connectivity index (χ3n) is 4.47. The Labute approximate surface area is 136 Å². The Morgan fingerprint density at radius 2 is 2.04 bits per heavy atom. The van der Waals surface area contributed by atoms with E-state index in [2.05, 4.69) is 48.0 Å². The van der Waals surface area contributed by atoms with Crippen molar-refractivity contribution in [1.82, 2.24) is 29.7 Å². The van der Waals surface area contributed by atoms with Crippen LogP contribution in [0.15, 0.2) is 18.5 Å². The van der Waals surface area contributed by atoms with Gasteiger partial charge in [-0.15, -0.1) is 5.10 Å². The Morgan fingerprint density at radius 1 is 1.26 bits per heavy atom. The third-order valence-corrected chi connectivity index (χ3v) is 4.47. The van der Waals surface area contributed by atoms with Crippen LogP contribution in [0.4, 0.5) is 0 Å². The van der Waals surface area contributed by atoms with Gasteiger partial charge < -0.3 is 5.11 Å². The SMILES string of the molecule is CC(C)n1cc([C@@]2(O)CCN(Cc3ccnn3C(C)C)C2)nn1. The summed E-state index contributed by atoms with van der Waals surface area (Å²) in [4.78, 5) is 2.25. The zero-order chi connectivity index (χ0) is 16.6. The van der Waals surface area contributed by atoms with Gasteiger partial charge in [-0.1, -0.05) is 5.21 Å². The highest BCUT2D eigenvalue weighted by molar-refractivity contribution is 5.12. The molecule has 0 amide bonds. The van der Waals surface area contributed by atoms with E-state index in [9.17, 15) is 5.11 Å². The second-order valence-electron chi connectivity index (χ2n) is 7.03. The summed E-state index contributed by atoms with van der Waals surface area (Å²) in [5.74, 6) is 0. The molecule has 23 heavy (non-hydrogen) atoms. The van der Waals surface area contributed by atoms with Crippen LogP contribution in [0.25, 0.3) is 0 Å². The van der Waals surface area contributed by atoms with Crippen LogP contribution in [-0.4, -0.2) is 47.9 Å². The van der Waals surface area contributed by atoms with Gasteiger partial charge in [-0.25, -0.2) is 4.68 Å². The van der Waals surface area contributed by atoms with E-state index in [0.717, 1.165) is 13.1 Å². The standard InChI is InChI=1S/C16H26N6O/c1-12(2)21-10-15(18-19-21)16(23)6-8-20(11-16)9-14-5-7-17-22(14)13(3)4/h5,7,10,12-13,23H,6,8-9,11H2,1-4H3/t16-/m1/s1. The Kier molecular flexibility index (Phi) is 4.25. The Morgan fingerprint density at radius 3 is 2.70 bits per heavy atom. The fourth-order valence-electron chi connectivity index (χ4n) is 3.12. The first-order chi connectivity index (χ1) is 10.9. The first kappa shape index (κ1) is 16.1. The second kappa shape index (κ2) is 6.05. The van der Waals surface area contributed by atoms with E-state index in [0.29, 0.717) is 24.7 Å². The summed E-state index contributed by atoms with van der Waals surface area (Å²) < 4.78 is 3.83. The zero-order valence-electron chi connectivity index (χ0n) is 14.3. The molecule has 0 spiro atoms. The van der Waals surface area contributed by atoms with Crippen LogP contribution >= 0.6 is 0 Å². The number of β-amino-alcohol motifs (C(OH)–C–C–N with tert-alkyl or cyclic N) is 1. The second-order valence-corrected chi connectivity index (χ2v) is 7.03. The molecule has 7 nitrogen and oxygen atoms in total. The molecule has 0 radical (unpaired) electrons. The highest BCUT2D eigenvalue weighted by atomic mass is 16.3. The molecule has 1 aliphatic heterocycles. The fourth-order valence-corrected chi connectivity index (χ4v) is 3.12. The average molecular weight is 318 g/mol. The number of likely N-dealkylation sites (tertiary alicyclic amines) is 1. The molecule has 2 aromatic rings. The van der Waals surface area contributed by atoms with Crippen LogP contribution in [0.5, 0.6) is 0 Å². The summed E-state index contributed by atoms with van der Waals surface area (Å²) in [6, 6.07) is 2.64. The minimum absolute atomic E-state index is 0.248. The van der Waals surface area contributed by atoms with Crippen LogP contribution in [-0.2, 0) is 12.1 Å². The first-order valence-corrected chi connectivity index (χ1v) is 8.28. The largest absolute Gasteiger partial charge is 0.382 e. The van der Waals surface area contributed by atoms with Gasteiger partial charge >= 0.3 is 0 Å². The molecule has 0 saturated carbocycles. The van der Waals surface area contributed by atoms with Crippen molar-refractivity contribution < 1.29 is 5.11 Å². The van der Waals surface area contributed by atoms with E-state index in [4.69, 9.17) is 0 Å². The predicted octanol–water partition coefficient (Wildman–Crippen LogP) is 1.73. The molecule has 1 saturated heterocycles. The Balaban J connectivity index is 1.70. The number of hydrogen-bond donors (Lipinski definition) is 1. The maximum absolute atomic E-state index is 11.0. The molecular formula is C16H26N6O. The average Bonchev–Trinajstić information content (AvgIpc) is 3.19. The van der Waals surface area contributed by atoms with Crippen LogP contribution < -0.4 is 0 Å². The maximum atomic E-state index is 11.0. The molecule has 7 heteroatoms. The van der Waals surface area contributed by atoms with Crippen molar-refractivity contribution in [3.05, 3.63) is 29.8 Å². The molecule has 0 unspecified atom stereocenters.